The molecule has 2 aromatic rings. The Labute approximate surface area is 154 Å². The van der Waals surface area contributed by atoms with Crippen LogP contribution in [0.5, 0.6) is 0 Å². The quantitative estimate of drug-likeness (QED) is 0.827. The highest BCUT2D eigenvalue weighted by Gasteiger charge is 2.34. The van der Waals surface area contributed by atoms with Gasteiger partial charge in [-0.15, -0.1) is 0 Å². The fourth-order valence-corrected chi connectivity index (χ4v) is 4.39. The summed E-state index contributed by atoms with van der Waals surface area (Å²) in [7, 11) is -0.310. The molecule has 2 atom stereocenters. The van der Waals surface area contributed by atoms with Gasteiger partial charge in [0.15, 0.2) is 0 Å². The van der Waals surface area contributed by atoms with Crippen molar-refractivity contribution in [3.05, 3.63) is 48.0 Å². The molecule has 3 rings (SSSR count). The van der Waals surface area contributed by atoms with E-state index >= 15 is 0 Å². The molecule has 0 saturated carbocycles. The fraction of sp³-hybridized carbons (Fsp3) is 0.421. The third kappa shape index (κ3) is 4.23. The first-order valence-corrected chi connectivity index (χ1v) is 10.2. The molecule has 0 unspecified atom stereocenters. The molecule has 0 spiro atoms. The van der Waals surface area contributed by atoms with E-state index in [0.717, 1.165) is 16.3 Å². The Balaban J connectivity index is 1.67. The maximum atomic E-state index is 12.5. The van der Waals surface area contributed by atoms with Crippen molar-refractivity contribution < 1.29 is 17.9 Å². The van der Waals surface area contributed by atoms with E-state index in [4.69, 9.17) is 4.74 Å². The monoisotopic (exact) mass is 376 g/mol. The van der Waals surface area contributed by atoms with Gasteiger partial charge in [-0.05, 0) is 16.3 Å². The van der Waals surface area contributed by atoms with Crippen LogP contribution in [0.15, 0.2) is 42.5 Å². The summed E-state index contributed by atoms with van der Waals surface area (Å²) in [5.41, 5.74) is 0.956. The standard InChI is InChI=1S/C19H24N2O4S/c1-21(2)26(23,24)13-16-11-25-12-18(16)20-19(22)10-15-8-5-7-14-6-3-4-9-17(14)15/h3-9,16,18H,10-13H2,1-2H3,(H,20,22)/t16-,18-/m0/s1. The molecular formula is C19H24N2O4S. The van der Waals surface area contributed by atoms with Gasteiger partial charge < -0.3 is 10.1 Å². The van der Waals surface area contributed by atoms with E-state index in [1.54, 1.807) is 0 Å². The predicted octanol–water partition coefficient (Wildman–Crippen LogP) is 1.40. The zero-order chi connectivity index (χ0) is 18.7. The number of rotatable bonds is 6. The molecule has 1 amide bonds. The molecule has 26 heavy (non-hydrogen) atoms. The van der Waals surface area contributed by atoms with Crippen molar-refractivity contribution in [1.29, 1.82) is 0 Å². The molecular weight excluding hydrogens is 352 g/mol. The lowest BCUT2D eigenvalue weighted by molar-refractivity contribution is -0.121. The summed E-state index contributed by atoms with van der Waals surface area (Å²) >= 11 is 0. The van der Waals surface area contributed by atoms with E-state index in [0.29, 0.717) is 13.2 Å². The number of nitrogens with one attached hydrogen (secondary N) is 1. The molecule has 1 saturated heterocycles. The van der Waals surface area contributed by atoms with E-state index in [-0.39, 0.29) is 30.0 Å². The Hall–Kier alpha value is -1.96. The summed E-state index contributed by atoms with van der Waals surface area (Å²) in [5.74, 6) is -0.387. The van der Waals surface area contributed by atoms with Crippen LogP contribution < -0.4 is 5.32 Å². The Morgan fingerprint density at radius 1 is 1.15 bits per heavy atom. The second-order valence-electron chi connectivity index (χ2n) is 6.85. The van der Waals surface area contributed by atoms with Gasteiger partial charge in [0.25, 0.3) is 0 Å². The second-order valence-corrected chi connectivity index (χ2v) is 9.07. The van der Waals surface area contributed by atoms with Crippen molar-refractivity contribution in [2.24, 2.45) is 5.92 Å². The number of ether oxygens (including phenoxy) is 1. The number of sulfonamides is 1. The number of hydrogen-bond acceptors (Lipinski definition) is 4. The molecule has 1 aliphatic rings. The molecule has 2 aromatic carbocycles. The molecule has 1 aliphatic heterocycles. The number of fused-ring (bicyclic) bond motifs is 1. The number of hydrogen-bond donors (Lipinski definition) is 1. The van der Waals surface area contributed by atoms with Crippen LogP contribution in [-0.2, 0) is 26.0 Å². The first kappa shape index (κ1) is 18.8. The molecule has 0 aliphatic carbocycles. The normalized spacial score (nSPS) is 20.6. The predicted molar refractivity (Wildman–Crippen MR) is 101 cm³/mol. The number of benzene rings is 2. The summed E-state index contributed by atoms with van der Waals surface area (Å²) < 4.78 is 30.9. The van der Waals surface area contributed by atoms with Gasteiger partial charge >= 0.3 is 0 Å². The molecule has 1 fully saturated rings. The first-order valence-electron chi connectivity index (χ1n) is 8.61. The van der Waals surface area contributed by atoms with Gasteiger partial charge in [-0.2, -0.15) is 0 Å². The van der Waals surface area contributed by atoms with Gasteiger partial charge in [-0.3, -0.25) is 4.79 Å². The Morgan fingerprint density at radius 2 is 1.88 bits per heavy atom. The third-order valence-electron chi connectivity index (χ3n) is 4.76. The number of nitrogens with zero attached hydrogens (tertiary/aromatic N) is 1. The average molecular weight is 376 g/mol. The highest BCUT2D eigenvalue weighted by molar-refractivity contribution is 7.89. The molecule has 7 heteroatoms. The van der Waals surface area contributed by atoms with Gasteiger partial charge in [-0.1, -0.05) is 42.5 Å². The number of carbonyl (C=O) groups is 1. The summed E-state index contributed by atoms with van der Waals surface area (Å²) in [6, 6.07) is 13.6. The van der Waals surface area contributed by atoms with E-state index < -0.39 is 10.0 Å². The van der Waals surface area contributed by atoms with Gasteiger partial charge in [0.2, 0.25) is 15.9 Å². The lowest BCUT2D eigenvalue weighted by Crippen LogP contribution is -2.44. The van der Waals surface area contributed by atoms with Crippen molar-refractivity contribution in [2.75, 3.05) is 33.1 Å². The maximum absolute atomic E-state index is 12.5. The molecule has 0 bridgehead atoms. The minimum atomic E-state index is -3.34. The van der Waals surface area contributed by atoms with Gasteiger partial charge in [-0.25, -0.2) is 12.7 Å². The van der Waals surface area contributed by atoms with E-state index in [9.17, 15) is 13.2 Å². The van der Waals surface area contributed by atoms with E-state index in [1.165, 1.54) is 18.4 Å². The maximum Gasteiger partial charge on any atom is 0.224 e. The van der Waals surface area contributed by atoms with Gasteiger partial charge in [0.05, 0.1) is 31.4 Å². The van der Waals surface area contributed by atoms with Crippen molar-refractivity contribution >= 4 is 26.7 Å². The zero-order valence-electron chi connectivity index (χ0n) is 15.0. The highest BCUT2D eigenvalue weighted by atomic mass is 32.2. The zero-order valence-corrected chi connectivity index (χ0v) is 15.8. The Morgan fingerprint density at radius 3 is 2.65 bits per heavy atom. The van der Waals surface area contributed by atoms with Gasteiger partial charge in [0.1, 0.15) is 0 Å². The molecule has 0 radical (unpaired) electrons. The van der Waals surface area contributed by atoms with Crippen LogP contribution in [0.3, 0.4) is 0 Å². The van der Waals surface area contributed by atoms with Crippen molar-refractivity contribution in [2.45, 2.75) is 12.5 Å². The molecule has 1 N–H and O–H groups in total. The number of carbonyl (C=O) groups excluding carboxylic acids is 1. The lowest BCUT2D eigenvalue weighted by Gasteiger charge is -2.21. The van der Waals surface area contributed by atoms with E-state index in [2.05, 4.69) is 5.32 Å². The smallest absolute Gasteiger partial charge is 0.224 e. The van der Waals surface area contributed by atoms with Crippen LogP contribution in [0.1, 0.15) is 5.56 Å². The van der Waals surface area contributed by atoms with Crippen LogP contribution in [0, 0.1) is 5.92 Å². The second kappa shape index (κ2) is 7.73. The third-order valence-corrected chi connectivity index (χ3v) is 6.72. The highest BCUT2D eigenvalue weighted by Crippen LogP contribution is 2.20. The summed E-state index contributed by atoms with van der Waals surface area (Å²) in [4.78, 5) is 12.5. The SMILES string of the molecule is CN(C)S(=O)(=O)C[C@@H]1COC[C@@H]1NC(=O)Cc1cccc2ccccc12. The topological polar surface area (TPSA) is 75.7 Å². The molecule has 0 aromatic heterocycles. The average Bonchev–Trinajstić information content (AvgIpc) is 3.01. The Kier molecular flexibility index (Phi) is 5.60. The van der Waals surface area contributed by atoms with Crippen molar-refractivity contribution in [1.82, 2.24) is 9.62 Å². The summed E-state index contributed by atoms with van der Waals surface area (Å²) in [6.45, 7) is 0.682. The van der Waals surface area contributed by atoms with Gasteiger partial charge in [0, 0.05) is 20.0 Å². The minimum Gasteiger partial charge on any atom is -0.379 e. The molecule has 1 heterocycles. The summed E-state index contributed by atoms with van der Waals surface area (Å²) in [6.07, 6.45) is 0.255. The molecule has 6 nitrogen and oxygen atoms in total. The molecule has 140 valence electrons. The van der Waals surface area contributed by atoms with Crippen LogP contribution >= 0.6 is 0 Å². The van der Waals surface area contributed by atoms with Crippen molar-refractivity contribution in [3.8, 4) is 0 Å². The van der Waals surface area contributed by atoms with Crippen molar-refractivity contribution in [3.63, 3.8) is 0 Å². The van der Waals surface area contributed by atoms with Crippen LogP contribution in [0.2, 0.25) is 0 Å². The van der Waals surface area contributed by atoms with Crippen LogP contribution in [0.4, 0.5) is 0 Å². The van der Waals surface area contributed by atoms with Crippen LogP contribution in [0.25, 0.3) is 10.8 Å². The van der Waals surface area contributed by atoms with E-state index in [1.807, 2.05) is 42.5 Å². The Bertz CT molecular complexity index is 890. The minimum absolute atomic E-state index is 0.0286. The summed E-state index contributed by atoms with van der Waals surface area (Å²) in [5, 5.41) is 5.11. The fourth-order valence-electron chi connectivity index (χ4n) is 3.22. The first-order chi connectivity index (χ1) is 12.4. The lowest BCUT2D eigenvalue weighted by atomic mass is 10.0. The number of amides is 1. The van der Waals surface area contributed by atoms with Crippen LogP contribution in [-0.4, -0.2) is 57.7 Å². The largest absolute Gasteiger partial charge is 0.379 e.